The number of alkyl halides is 1. The number of hydrogen-bond acceptors (Lipinski definition) is 1. The van der Waals surface area contributed by atoms with Gasteiger partial charge in [0.2, 0.25) is 0 Å². The fraction of sp³-hybridized carbons (Fsp3) is 0.308. The van der Waals surface area contributed by atoms with Crippen LogP contribution in [0.2, 0.25) is 0 Å². The first-order chi connectivity index (χ1) is 7.16. The number of pyridine rings is 1. The standard InChI is InChI=1S/C13H14BrN/c1-9-7-11-5-3-4-6-12(11)15-13(9)8-10(2)14/h3-7,10H,8H2,1-2H3. The molecule has 1 nitrogen and oxygen atoms in total. The predicted octanol–water partition coefficient (Wildman–Crippen LogP) is 3.87. The van der Waals surface area contributed by atoms with Crippen LogP contribution in [0.5, 0.6) is 0 Å². The summed E-state index contributed by atoms with van der Waals surface area (Å²) in [5.41, 5.74) is 3.56. The number of rotatable bonds is 2. The number of halogens is 1. The number of aromatic nitrogens is 1. The fourth-order valence-electron chi connectivity index (χ4n) is 1.73. The molecule has 0 fully saturated rings. The van der Waals surface area contributed by atoms with E-state index in [1.165, 1.54) is 16.6 Å². The average molecular weight is 264 g/mol. The second kappa shape index (κ2) is 4.31. The first kappa shape index (κ1) is 10.6. The van der Waals surface area contributed by atoms with Gasteiger partial charge in [-0.1, -0.05) is 41.1 Å². The summed E-state index contributed by atoms with van der Waals surface area (Å²) >= 11 is 3.57. The maximum atomic E-state index is 4.68. The highest BCUT2D eigenvalue weighted by Gasteiger charge is 2.05. The Morgan fingerprint density at radius 1 is 1.33 bits per heavy atom. The zero-order valence-corrected chi connectivity index (χ0v) is 10.6. The van der Waals surface area contributed by atoms with Crippen molar-refractivity contribution in [2.75, 3.05) is 0 Å². The molecule has 0 saturated carbocycles. The maximum absolute atomic E-state index is 4.68. The summed E-state index contributed by atoms with van der Waals surface area (Å²) in [4.78, 5) is 5.16. The quantitative estimate of drug-likeness (QED) is 0.750. The second-order valence-electron chi connectivity index (χ2n) is 3.93. The van der Waals surface area contributed by atoms with Gasteiger partial charge >= 0.3 is 0 Å². The van der Waals surface area contributed by atoms with Crippen LogP contribution in [0.4, 0.5) is 0 Å². The third-order valence-electron chi connectivity index (χ3n) is 2.49. The highest BCUT2D eigenvalue weighted by molar-refractivity contribution is 9.09. The molecule has 0 aliphatic heterocycles. The minimum absolute atomic E-state index is 0.477. The van der Waals surface area contributed by atoms with Crippen LogP contribution < -0.4 is 0 Å². The highest BCUT2D eigenvalue weighted by Crippen LogP contribution is 2.18. The van der Waals surface area contributed by atoms with Crippen LogP contribution in [0.25, 0.3) is 10.9 Å². The van der Waals surface area contributed by atoms with E-state index in [-0.39, 0.29) is 0 Å². The Morgan fingerprint density at radius 2 is 2.07 bits per heavy atom. The summed E-state index contributed by atoms with van der Waals surface area (Å²) in [6.07, 6.45) is 0.983. The van der Waals surface area contributed by atoms with E-state index < -0.39 is 0 Å². The van der Waals surface area contributed by atoms with Crippen LogP contribution >= 0.6 is 15.9 Å². The number of aryl methyl sites for hydroxylation is 1. The molecule has 2 heteroatoms. The number of hydrogen-bond donors (Lipinski definition) is 0. The first-order valence-corrected chi connectivity index (χ1v) is 6.07. The second-order valence-corrected chi connectivity index (χ2v) is 5.49. The van der Waals surface area contributed by atoms with Gasteiger partial charge in [0.25, 0.3) is 0 Å². The minimum Gasteiger partial charge on any atom is -0.253 e. The lowest BCUT2D eigenvalue weighted by Gasteiger charge is -2.08. The summed E-state index contributed by atoms with van der Waals surface area (Å²) < 4.78 is 0. The zero-order chi connectivity index (χ0) is 10.8. The van der Waals surface area contributed by atoms with Crippen molar-refractivity contribution >= 4 is 26.8 Å². The van der Waals surface area contributed by atoms with Gasteiger partial charge in [-0.2, -0.15) is 0 Å². The third-order valence-corrected chi connectivity index (χ3v) is 2.82. The van der Waals surface area contributed by atoms with Crippen LogP contribution in [0, 0.1) is 6.92 Å². The molecule has 0 radical (unpaired) electrons. The van der Waals surface area contributed by atoms with Gasteiger partial charge < -0.3 is 0 Å². The van der Waals surface area contributed by atoms with Crippen LogP contribution in [-0.2, 0) is 6.42 Å². The topological polar surface area (TPSA) is 12.9 Å². The van der Waals surface area contributed by atoms with E-state index in [1.54, 1.807) is 0 Å². The van der Waals surface area contributed by atoms with Gasteiger partial charge in [-0.15, -0.1) is 0 Å². The molecule has 0 amide bonds. The van der Waals surface area contributed by atoms with E-state index in [0.29, 0.717) is 4.83 Å². The summed E-state index contributed by atoms with van der Waals surface area (Å²) in [6.45, 7) is 4.28. The first-order valence-electron chi connectivity index (χ1n) is 5.16. The Labute approximate surface area is 98.7 Å². The molecular formula is C13H14BrN. The van der Waals surface area contributed by atoms with Crippen molar-refractivity contribution in [1.82, 2.24) is 4.98 Å². The third kappa shape index (κ3) is 2.37. The van der Waals surface area contributed by atoms with Crippen molar-refractivity contribution in [3.8, 4) is 0 Å². The van der Waals surface area contributed by atoms with Gasteiger partial charge in [0.05, 0.1) is 5.52 Å². The Hall–Kier alpha value is -0.890. The molecule has 0 aliphatic carbocycles. The molecule has 0 spiro atoms. The predicted molar refractivity (Wildman–Crippen MR) is 68.6 cm³/mol. The SMILES string of the molecule is Cc1cc2ccccc2nc1CC(C)Br. The maximum Gasteiger partial charge on any atom is 0.0705 e. The summed E-state index contributed by atoms with van der Waals surface area (Å²) in [5.74, 6) is 0. The number of fused-ring (bicyclic) bond motifs is 1. The Balaban J connectivity index is 2.52. The summed E-state index contributed by atoms with van der Waals surface area (Å²) in [7, 11) is 0. The summed E-state index contributed by atoms with van der Waals surface area (Å²) in [6, 6.07) is 10.5. The van der Waals surface area contributed by atoms with E-state index in [1.807, 2.05) is 6.07 Å². The lowest BCUT2D eigenvalue weighted by Crippen LogP contribution is -2.02. The molecule has 0 aliphatic rings. The van der Waals surface area contributed by atoms with E-state index in [9.17, 15) is 0 Å². The van der Waals surface area contributed by atoms with E-state index >= 15 is 0 Å². The molecule has 1 aromatic heterocycles. The molecule has 78 valence electrons. The molecule has 2 rings (SSSR count). The molecule has 1 aromatic carbocycles. The lowest BCUT2D eigenvalue weighted by molar-refractivity contribution is 0.910. The largest absolute Gasteiger partial charge is 0.253 e. The molecule has 1 atom stereocenters. The minimum atomic E-state index is 0.477. The van der Waals surface area contributed by atoms with Gasteiger partial charge in [-0.25, -0.2) is 0 Å². The normalized spacial score (nSPS) is 13.0. The molecule has 1 unspecified atom stereocenters. The number of nitrogens with zero attached hydrogens (tertiary/aromatic N) is 1. The van der Waals surface area contributed by atoms with Crippen molar-refractivity contribution in [2.24, 2.45) is 0 Å². The van der Waals surface area contributed by atoms with Crippen molar-refractivity contribution in [3.05, 3.63) is 41.6 Å². The average Bonchev–Trinajstić information content (AvgIpc) is 2.18. The molecule has 0 bridgehead atoms. The molecule has 1 heterocycles. The van der Waals surface area contributed by atoms with Gasteiger partial charge in [-0.3, -0.25) is 4.98 Å². The van der Waals surface area contributed by atoms with Crippen LogP contribution in [-0.4, -0.2) is 9.81 Å². The van der Waals surface area contributed by atoms with E-state index in [4.69, 9.17) is 0 Å². The fourth-order valence-corrected chi connectivity index (χ4v) is 2.04. The van der Waals surface area contributed by atoms with E-state index in [0.717, 1.165) is 11.9 Å². The number of benzene rings is 1. The summed E-state index contributed by atoms with van der Waals surface area (Å²) in [5, 5.41) is 1.22. The zero-order valence-electron chi connectivity index (χ0n) is 9.00. The molecular weight excluding hydrogens is 250 g/mol. The monoisotopic (exact) mass is 263 g/mol. The van der Waals surface area contributed by atoms with Crippen molar-refractivity contribution in [2.45, 2.75) is 25.1 Å². The lowest BCUT2D eigenvalue weighted by atomic mass is 10.1. The Morgan fingerprint density at radius 3 is 2.80 bits per heavy atom. The van der Waals surface area contributed by atoms with Crippen LogP contribution in [0.3, 0.4) is 0 Å². The van der Waals surface area contributed by atoms with Crippen molar-refractivity contribution in [1.29, 1.82) is 0 Å². The van der Waals surface area contributed by atoms with Crippen molar-refractivity contribution < 1.29 is 0 Å². The van der Waals surface area contributed by atoms with Crippen molar-refractivity contribution in [3.63, 3.8) is 0 Å². The molecule has 0 N–H and O–H groups in total. The van der Waals surface area contributed by atoms with Crippen LogP contribution in [0.15, 0.2) is 30.3 Å². The smallest absolute Gasteiger partial charge is 0.0705 e. The van der Waals surface area contributed by atoms with Gasteiger partial charge in [0, 0.05) is 22.3 Å². The number of para-hydroxylation sites is 1. The van der Waals surface area contributed by atoms with Crippen LogP contribution in [0.1, 0.15) is 18.2 Å². The highest BCUT2D eigenvalue weighted by atomic mass is 79.9. The molecule has 15 heavy (non-hydrogen) atoms. The van der Waals surface area contributed by atoms with E-state index in [2.05, 4.69) is 59.0 Å². The molecule has 0 saturated heterocycles. The Bertz CT molecular complexity index is 477. The van der Waals surface area contributed by atoms with Gasteiger partial charge in [0.15, 0.2) is 0 Å². The van der Waals surface area contributed by atoms with Gasteiger partial charge in [0.1, 0.15) is 0 Å². The van der Waals surface area contributed by atoms with Gasteiger partial charge in [-0.05, 0) is 24.6 Å². The Kier molecular flexibility index (Phi) is 3.06. The molecule has 2 aromatic rings.